The fraction of sp³-hybridized carbons (Fsp3) is 0. The summed E-state index contributed by atoms with van der Waals surface area (Å²) in [6.07, 6.45) is 4.01. The average Bonchev–Trinajstić information content (AvgIpc) is 2.87. The maximum atomic E-state index is 10.5. The summed E-state index contributed by atoms with van der Waals surface area (Å²) in [5.41, 5.74) is 2.09. The number of hydrogen-bond donors (Lipinski definition) is 0. The predicted octanol–water partition coefficient (Wildman–Crippen LogP) is 1.63. The van der Waals surface area contributed by atoms with E-state index in [-0.39, 0.29) is 0 Å². The molecule has 0 aliphatic rings. The third kappa shape index (κ3) is 1.67. The Morgan fingerprint density at radius 2 is 2.18 bits per heavy atom. The van der Waals surface area contributed by atoms with Gasteiger partial charge in [0.1, 0.15) is 5.69 Å². The second-order valence-corrected chi connectivity index (χ2v) is 3.59. The van der Waals surface area contributed by atoms with E-state index in [0.717, 1.165) is 16.6 Å². The lowest BCUT2D eigenvalue weighted by Crippen LogP contribution is -1.94. The summed E-state index contributed by atoms with van der Waals surface area (Å²) in [5.74, 6) is 0. The SMILES string of the molecule is O=Cc1cn(-c2ccc3ncccc3c2)nn1. The van der Waals surface area contributed by atoms with Crippen LogP contribution in [0.15, 0.2) is 42.7 Å². The first-order chi connectivity index (χ1) is 8.36. The molecule has 0 aliphatic heterocycles. The molecular formula is C12H8N4O. The van der Waals surface area contributed by atoms with Gasteiger partial charge in [-0.1, -0.05) is 11.3 Å². The Bertz CT molecular complexity index is 690. The minimum atomic E-state index is 0.316. The summed E-state index contributed by atoms with van der Waals surface area (Å²) in [6, 6.07) is 9.60. The van der Waals surface area contributed by atoms with Crippen molar-refractivity contribution in [2.24, 2.45) is 0 Å². The molecule has 82 valence electrons. The Morgan fingerprint density at radius 1 is 1.24 bits per heavy atom. The molecule has 5 heteroatoms. The van der Waals surface area contributed by atoms with Crippen molar-refractivity contribution in [1.29, 1.82) is 0 Å². The van der Waals surface area contributed by atoms with E-state index in [4.69, 9.17) is 0 Å². The van der Waals surface area contributed by atoms with Gasteiger partial charge in [-0.3, -0.25) is 9.78 Å². The smallest absolute Gasteiger partial charge is 0.171 e. The Kier molecular flexibility index (Phi) is 2.15. The number of aromatic nitrogens is 4. The molecule has 0 fully saturated rings. The largest absolute Gasteiger partial charge is 0.296 e. The molecule has 3 aromatic rings. The van der Waals surface area contributed by atoms with Crippen LogP contribution < -0.4 is 0 Å². The van der Waals surface area contributed by atoms with Gasteiger partial charge in [-0.2, -0.15) is 0 Å². The predicted molar refractivity (Wildman–Crippen MR) is 62.0 cm³/mol. The third-order valence-electron chi connectivity index (χ3n) is 2.48. The minimum absolute atomic E-state index is 0.316. The van der Waals surface area contributed by atoms with Crippen LogP contribution in [0.1, 0.15) is 10.5 Å². The first-order valence-corrected chi connectivity index (χ1v) is 5.09. The van der Waals surface area contributed by atoms with Crippen molar-refractivity contribution in [3.63, 3.8) is 0 Å². The van der Waals surface area contributed by atoms with Gasteiger partial charge in [-0.15, -0.1) is 5.10 Å². The van der Waals surface area contributed by atoms with E-state index in [1.165, 1.54) is 0 Å². The van der Waals surface area contributed by atoms with E-state index in [1.54, 1.807) is 17.1 Å². The molecule has 0 N–H and O–H groups in total. The topological polar surface area (TPSA) is 60.7 Å². The molecule has 0 radical (unpaired) electrons. The second kappa shape index (κ2) is 3.79. The van der Waals surface area contributed by atoms with Crippen LogP contribution in [0.2, 0.25) is 0 Å². The molecule has 1 aromatic carbocycles. The van der Waals surface area contributed by atoms with Crippen molar-refractivity contribution in [3.05, 3.63) is 48.4 Å². The molecule has 0 saturated carbocycles. The normalized spacial score (nSPS) is 10.6. The number of aldehydes is 1. The highest BCUT2D eigenvalue weighted by Gasteiger charge is 2.02. The molecule has 0 saturated heterocycles. The van der Waals surface area contributed by atoms with Gasteiger partial charge in [0.15, 0.2) is 6.29 Å². The van der Waals surface area contributed by atoms with Crippen molar-refractivity contribution < 1.29 is 4.79 Å². The zero-order valence-electron chi connectivity index (χ0n) is 8.82. The van der Waals surface area contributed by atoms with Crippen molar-refractivity contribution in [1.82, 2.24) is 20.0 Å². The van der Waals surface area contributed by atoms with E-state index < -0.39 is 0 Å². The van der Waals surface area contributed by atoms with Crippen molar-refractivity contribution in [3.8, 4) is 5.69 Å². The number of carbonyl (C=O) groups is 1. The standard InChI is InChI=1S/C12H8N4O/c17-8-10-7-16(15-14-10)11-3-4-12-9(6-11)2-1-5-13-12/h1-8H. The molecule has 2 heterocycles. The van der Waals surface area contributed by atoms with Crippen molar-refractivity contribution in [2.75, 3.05) is 0 Å². The summed E-state index contributed by atoms with van der Waals surface area (Å²) in [4.78, 5) is 14.8. The maximum absolute atomic E-state index is 10.5. The monoisotopic (exact) mass is 224 g/mol. The van der Waals surface area contributed by atoms with Gasteiger partial charge < -0.3 is 0 Å². The maximum Gasteiger partial charge on any atom is 0.171 e. The van der Waals surface area contributed by atoms with Crippen LogP contribution in [-0.4, -0.2) is 26.3 Å². The number of pyridine rings is 1. The number of fused-ring (bicyclic) bond motifs is 1. The second-order valence-electron chi connectivity index (χ2n) is 3.59. The molecule has 0 atom stereocenters. The molecule has 2 aromatic heterocycles. The van der Waals surface area contributed by atoms with Crippen LogP contribution in [-0.2, 0) is 0 Å². The molecular weight excluding hydrogens is 216 g/mol. The highest BCUT2D eigenvalue weighted by molar-refractivity contribution is 5.80. The molecule has 0 aliphatic carbocycles. The van der Waals surface area contributed by atoms with E-state index in [0.29, 0.717) is 12.0 Å². The summed E-state index contributed by atoms with van der Waals surface area (Å²) in [6.45, 7) is 0. The van der Waals surface area contributed by atoms with Gasteiger partial charge in [0.2, 0.25) is 0 Å². The van der Waals surface area contributed by atoms with Crippen LogP contribution in [0.4, 0.5) is 0 Å². The van der Waals surface area contributed by atoms with Crippen molar-refractivity contribution in [2.45, 2.75) is 0 Å². The van der Waals surface area contributed by atoms with Gasteiger partial charge in [0.05, 0.1) is 17.4 Å². The zero-order chi connectivity index (χ0) is 11.7. The Hall–Kier alpha value is -2.56. The van der Waals surface area contributed by atoms with Gasteiger partial charge >= 0.3 is 0 Å². The first-order valence-electron chi connectivity index (χ1n) is 5.09. The zero-order valence-corrected chi connectivity index (χ0v) is 8.82. The lowest BCUT2D eigenvalue weighted by molar-refractivity contribution is 0.111. The number of rotatable bonds is 2. The van der Waals surface area contributed by atoms with Crippen LogP contribution in [0.3, 0.4) is 0 Å². The summed E-state index contributed by atoms with van der Waals surface area (Å²) >= 11 is 0. The molecule has 17 heavy (non-hydrogen) atoms. The average molecular weight is 224 g/mol. The van der Waals surface area contributed by atoms with E-state index in [9.17, 15) is 4.79 Å². The lowest BCUT2D eigenvalue weighted by Gasteiger charge is -2.01. The lowest BCUT2D eigenvalue weighted by atomic mass is 10.2. The highest BCUT2D eigenvalue weighted by atomic mass is 16.1. The van der Waals surface area contributed by atoms with Gasteiger partial charge in [-0.25, -0.2) is 4.68 Å². The molecule has 3 rings (SSSR count). The van der Waals surface area contributed by atoms with Crippen LogP contribution in [0.5, 0.6) is 0 Å². The Labute approximate surface area is 96.7 Å². The number of carbonyl (C=O) groups excluding carboxylic acids is 1. The summed E-state index contributed by atoms with van der Waals surface area (Å²) < 4.78 is 1.57. The highest BCUT2D eigenvalue weighted by Crippen LogP contribution is 2.15. The van der Waals surface area contributed by atoms with Gasteiger partial charge in [-0.05, 0) is 24.3 Å². The summed E-state index contributed by atoms with van der Waals surface area (Å²) in [5, 5.41) is 8.62. The van der Waals surface area contributed by atoms with Gasteiger partial charge in [0, 0.05) is 11.6 Å². The molecule has 0 spiro atoms. The summed E-state index contributed by atoms with van der Waals surface area (Å²) in [7, 11) is 0. The van der Waals surface area contributed by atoms with E-state index >= 15 is 0 Å². The van der Waals surface area contributed by atoms with Crippen LogP contribution in [0, 0.1) is 0 Å². The number of hydrogen-bond acceptors (Lipinski definition) is 4. The molecule has 0 amide bonds. The minimum Gasteiger partial charge on any atom is -0.296 e. The molecule has 5 nitrogen and oxygen atoms in total. The number of benzene rings is 1. The first kappa shape index (κ1) is 9.65. The molecule has 0 unspecified atom stereocenters. The van der Waals surface area contributed by atoms with Gasteiger partial charge in [0.25, 0.3) is 0 Å². The fourth-order valence-corrected chi connectivity index (χ4v) is 1.66. The molecule has 0 bridgehead atoms. The third-order valence-corrected chi connectivity index (χ3v) is 2.48. The van der Waals surface area contributed by atoms with Crippen LogP contribution in [0.25, 0.3) is 16.6 Å². The van der Waals surface area contributed by atoms with E-state index in [1.807, 2.05) is 30.3 Å². The number of nitrogens with zero attached hydrogens (tertiary/aromatic N) is 4. The van der Waals surface area contributed by atoms with Crippen molar-refractivity contribution >= 4 is 17.2 Å². The Morgan fingerprint density at radius 3 is 3.00 bits per heavy atom. The van der Waals surface area contributed by atoms with Crippen LogP contribution >= 0.6 is 0 Å². The Balaban J connectivity index is 2.14. The van der Waals surface area contributed by atoms with E-state index in [2.05, 4.69) is 15.3 Å². The quantitative estimate of drug-likeness (QED) is 0.621. The fourth-order valence-electron chi connectivity index (χ4n) is 1.66.